The third kappa shape index (κ3) is 3.77. The first kappa shape index (κ1) is 14.4. The normalized spacial score (nSPS) is 10.9. The molecule has 2 aromatic carbocycles. The lowest BCUT2D eigenvalue weighted by atomic mass is 10.0. The maximum Gasteiger partial charge on any atom is 0.178 e. The van der Waals surface area contributed by atoms with Crippen molar-refractivity contribution < 1.29 is 9.78 Å². The van der Waals surface area contributed by atoms with Crippen LogP contribution in [0.3, 0.4) is 0 Å². The molecular weight excluding hydrogens is 248 g/mol. The summed E-state index contributed by atoms with van der Waals surface area (Å²) in [5, 5.41) is 0. The molecule has 0 atom stereocenters. The van der Waals surface area contributed by atoms with Gasteiger partial charge in [-0.25, -0.2) is 0 Å². The Balaban J connectivity index is 2.05. The van der Waals surface area contributed by atoms with Gasteiger partial charge in [-0.3, -0.25) is 9.78 Å². The predicted octanol–water partition coefficient (Wildman–Crippen LogP) is 5.31. The lowest BCUT2D eigenvalue weighted by Gasteiger charge is -2.10. The van der Waals surface area contributed by atoms with Gasteiger partial charge in [-0.2, -0.15) is 0 Å². The van der Waals surface area contributed by atoms with E-state index in [9.17, 15) is 0 Å². The average Bonchev–Trinajstić information content (AvgIpc) is 2.45. The Morgan fingerprint density at radius 3 is 1.40 bits per heavy atom. The van der Waals surface area contributed by atoms with Gasteiger partial charge in [0.1, 0.15) is 0 Å². The van der Waals surface area contributed by atoms with Crippen molar-refractivity contribution in [1.82, 2.24) is 0 Å². The van der Waals surface area contributed by atoms with Crippen molar-refractivity contribution in [2.75, 3.05) is 0 Å². The Kier molecular flexibility index (Phi) is 4.67. The van der Waals surface area contributed by atoms with Gasteiger partial charge in [0, 0.05) is 0 Å². The standard InChI is InChI=1S/C18H22O2/c1-13(2)15-7-5-9-17(11-15)19-20-18-10-6-8-16(12-18)14(3)4/h5-14H,1-4H3. The van der Waals surface area contributed by atoms with Crippen molar-refractivity contribution >= 4 is 0 Å². The third-order valence-electron chi connectivity index (χ3n) is 3.28. The van der Waals surface area contributed by atoms with Crippen molar-refractivity contribution in [1.29, 1.82) is 0 Å². The van der Waals surface area contributed by atoms with E-state index in [1.807, 2.05) is 36.4 Å². The molecule has 106 valence electrons. The van der Waals surface area contributed by atoms with Crippen LogP contribution >= 0.6 is 0 Å². The van der Waals surface area contributed by atoms with Crippen molar-refractivity contribution in [2.45, 2.75) is 39.5 Å². The Bertz CT molecular complexity index is 507. The minimum atomic E-state index is 0.475. The Hall–Kier alpha value is -1.96. The zero-order valence-electron chi connectivity index (χ0n) is 12.6. The van der Waals surface area contributed by atoms with Gasteiger partial charge in [0.25, 0.3) is 0 Å². The van der Waals surface area contributed by atoms with Crippen LogP contribution in [0.15, 0.2) is 48.5 Å². The zero-order valence-corrected chi connectivity index (χ0v) is 12.6. The molecule has 2 rings (SSSR count). The second-order valence-corrected chi connectivity index (χ2v) is 5.62. The molecule has 0 aliphatic carbocycles. The molecule has 0 saturated carbocycles. The Labute approximate surface area is 121 Å². The van der Waals surface area contributed by atoms with E-state index in [1.54, 1.807) is 0 Å². The van der Waals surface area contributed by atoms with Gasteiger partial charge in [-0.15, -0.1) is 0 Å². The number of hydrogen-bond donors (Lipinski definition) is 0. The van der Waals surface area contributed by atoms with E-state index in [2.05, 4.69) is 39.8 Å². The first-order valence-electron chi connectivity index (χ1n) is 7.10. The smallest absolute Gasteiger partial charge is 0.178 e. The summed E-state index contributed by atoms with van der Waals surface area (Å²) in [6.07, 6.45) is 0. The summed E-state index contributed by atoms with van der Waals surface area (Å²) in [6, 6.07) is 16.0. The number of rotatable bonds is 5. The summed E-state index contributed by atoms with van der Waals surface area (Å²) in [4.78, 5) is 10.8. The summed E-state index contributed by atoms with van der Waals surface area (Å²) in [5.41, 5.74) is 2.48. The molecule has 0 spiro atoms. The molecule has 0 fully saturated rings. The van der Waals surface area contributed by atoms with E-state index in [0.29, 0.717) is 11.8 Å². The number of hydrogen-bond acceptors (Lipinski definition) is 2. The lowest BCUT2D eigenvalue weighted by molar-refractivity contribution is -0.100. The maximum atomic E-state index is 5.42. The molecule has 0 N–H and O–H groups in total. The molecular formula is C18H22O2. The zero-order chi connectivity index (χ0) is 14.5. The molecule has 2 nitrogen and oxygen atoms in total. The molecule has 0 amide bonds. The van der Waals surface area contributed by atoms with Crippen LogP contribution in [-0.4, -0.2) is 0 Å². The number of benzene rings is 2. The fourth-order valence-electron chi connectivity index (χ4n) is 1.95. The van der Waals surface area contributed by atoms with Crippen LogP contribution in [0, 0.1) is 0 Å². The topological polar surface area (TPSA) is 18.5 Å². The minimum Gasteiger partial charge on any atom is -0.290 e. The lowest BCUT2D eigenvalue weighted by Crippen LogP contribution is -2.01. The fourth-order valence-corrected chi connectivity index (χ4v) is 1.95. The van der Waals surface area contributed by atoms with Gasteiger partial charge in [0.2, 0.25) is 0 Å². The SMILES string of the molecule is CC(C)c1cccc(OOc2cccc(C(C)C)c2)c1. The molecule has 2 heteroatoms. The van der Waals surface area contributed by atoms with Crippen molar-refractivity contribution in [3.8, 4) is 11.5 Å². The Morgan fingerprint density at radius 1 is 0.650 bits per heavy atom. The summed E-state index contributed by atoms with van der Waals surface area (Å²) in [6.45, 7) is 8.64. The van der Waals surface area contributed by atoms with E-state index in [4.69, 9.17) is 9.78 Å². The van der Waals surface area contributed by atoms with Crippen LogP contribution in [-0.2, 0) is 0 Å². The largest absolute Gasteiger partial charge is 0.290 e. The molecule has 0 radical (unpaired) electrons. The average molecular weight is 270 g/mol. The summed E-state index contributed by atoms with van der Waals surface area (Å²) in [5.74, 6) is 2.41. The Morgan fingerprint density at radius 2 is 1.05 bits per heavy atom. The first-order valence-corrected chi connectivity index (χ1v) is 7.10. The van der Waals surface area contributed by atoms with Gasteiger partial charge < -0.3 is 0 Å². The molecule has 0 aromatic heterocycles. The molecule has 0 heterocycles. The highest BCUT2D eigenvalue weighted by atomic mass is 17.2. The summed E-state index contributed by atoms with van der Waals surface area (Å²) >= 11 is 0. The third-order valence-corrected chi connectivity index (χ3v) is 3.28. The molecule has 0 unspecified atom stereocenters. The van der Waals surface area contributed by atoms with Gasteiger partial charge >= 0.3 is 0 Å². The van der Waals surface area contributed by atoms with Gasteiger partial charge in [-0.05, 0) is 47.2 Å². The van der Waals surface area contributed by atoms with Crippen molar-refractivity contribution in [2.24, 2.45) is 0 Å². The van der Waals surface area contributed by atoms with E-state index < -0.39 is 0 Å². The van der Waals surface area contributed by atoms with Crippen LogP contribution in [0.5, 0.6) is 11.5 Å². The monoisotopic (exact) mass is 270 g/mol. The molecule has 2 aromatic rings. The highest BCUT2D eigenvalue weighted by molar-refractivity contribution is 5.32. The van der Waals surface area contributed by atoms with Crippen LogP contribution in [0.2, 0.25) is 0 Å². The van der Waals surface area contributed by atoms with E-state index in [1.165, 1.54) is 11.1 Å². The van der Waals surface area contributed by atoms with Crippen LogP contribution in [0.1, 0.15) is 50.7 Å². The molecule has 0 saturated heterocycles. The van der Waals surface area contributed by atoms with E-state index >= 15 is 0 Å². The fraction of sp³-hybridized carbons (Fsp3) is 0.333. The van der Waals surface area contributed by atoms with Crippen LogP contribution < -0.4 is 9.78 Å². The molecule has 20 heavy (non-hydrogen) atoms. The summed E-state index contributed by atoms with van der Waals surface area (Å²) in [7, 11) is 0. The van der Waals surface area contributed by atoms with Crippen molar-refractivity contribution in [3.63, 3.8) is 0 Å². The highest BCUT2D eigenvalue weighted by Crippen LogP contribution is 2.23. The van der Waals surface area contributed by atoms with Gasteiger partial charge in [-0.1, -0.05) is 52.0 Å². The van der Waals surface area contributed by atoms with Gasteiger partial charge in [0.05, 0.1) is 0 Å². The second kappa shape index (κ2) is 6.47. The molecule has 0 aliphatic rings. The second-order valence-electron chi connectivity index (χ2n) is 5.62. The van der Waals surface area contributed by atoms with E-state index in [-0.39, 0.29) is 0 Å². The molecule has 0 bridgehead atoms. The van der Waals surface area contributed by atoms with E-state index in [0.717, 1.165) is 11.5 Å². The predicted molar refractivity (Wildman–Crippen MR) is 82.3 cm³/mol. The highest BCUT2D eigenvalue weighted by Gasteiger charge is 2.04. The van der Waals surface area contributed by atoms with Crippen LogP contribution in [0.4, 0.5) is 0 Å². The van der Waals surface area contributed by atoms with Gasteiger partial charge in [0.15, 0.2) is 11.5 Å². The van der Waals surface area contributed by atoms with Crippen LogP contribution in [0.25, 0.3) is 0 Å². The van der Waals surface area contributed by atoms with Crippen molar-refractivity contribution in [3.05, 3.63) is 59.7 Å². The first-order chi connectivity index (χ1) is 9.56. The minimum absolute atomic E-state index is 0.475. The summed E-state index contributed by atoms with van der Waals surface area (Å²) < 4.78 is 0. The molecule has 0 aliphatic heterocycles. The maximum absolute atomic E-state index is 5.42. The quantitative estimate of drug-likeness (QED) is 0.541.